The third-order valence-corrected chi connectivity index (χ3v) is 17.7. The van der Waals surface area contributed by atoms with Crippen molar-refractivity contribution in [3.63, 3.8) is 0 Å². The van der Waals surface area contributed by atoms with Gasteiger partial charge in [-0.3, -0.25) is 19.9 Å². The van der Waals surface area contributed by atoms with Crippen LogP contribution in [0, 0.1) is 22.7 Å². The monoisotopic (exact) mass is 1210 g/mol. The number of halogens is 3. The fourth-order valence-corrected chi connectivity index (χ4v) is 13.1. The highest BCUT2D eigenvalue weighted by atomic mass is 19.4. The minimum absolute atomic E-state index is 0.0703. The van der Waals surface area contributed by atoms with E-state index in [4.69, 9.17) is 19.9 Å². The smallest absolute Gasteiger partial charge is 0.308 e. The fourth-order valence-electron chi connectivity index (χ4n) is 13.1. The van der Waals surface area contributed by atoms with Gasteiger partial charge in [-0.2, -0.15) is 23.7 Å². The molecule has 8 nitrogen and oxygen atoms in total. The number of nitrogens with zero attached hydrogens (tertiary/aromatic N) is 8. The summed E-state index contributed by atoms with van der Waals surface area (Å²) in [5, 5.41) is 26.5. The molecule has 0 atom stereocenters. The highest BCUT2D eigenvalue weighted by molar-refractivity contribution is 6.13. The number of benzene rings is 10. The van der Waals surface area contributed by atoms with Crippen LogP contribution in [0.2, 0.25) is 0 Å². The Morgan fingerprint density at radius 2 is 0.596 bits per heavy atom. The maximum Gasteiger partial charge on any atom is 0.417 e. The Hall–Kier alpha value is -12.8. The molecule has 6 heterocycles. The van der Waals surface area contributed by atoms with Gasteiger partial charge in [0.2, 0.25) is 0 Å². The van der Waals surface area contributed by atoms with Crippen LogP contribution in [-0.4, -0.2) is 29.1 Å². The predicted octanol–water partition coefficient (Wildman–Crippen LogP) is 21.2. The molecule has 0 saturated carbocycles. The van der Waals surface area contributed by atoms with Crippen LogP contribution in [0.3, 0.4) is 0 Å². The highest BCUT2D eigenvalue weighted by Crippen LogP contribution is 2.46. The van der Waals surface area contributed by atoms with Gasteiger partial charge in [-0.25, -0.2) is 0 Å². The molecule has 442 valence electrons. The summed E-state index contributed by atoms with van der Waals surface area (Å²) in [6.07, 6.45) is 2.45. The summed E-state index contributed by atoms with van der Waals surface area (Å²) in [6, 6.07) is 92.1. The van der Waals surface area contributed by atoms with E-state index in [0.717, 1.165) is 117 Å². The molecule has 0 radical (unpaired) electrons. The van der Waals surface area contributed by atoms with Crippen molar-refractivity contribution in [2.45, 2.75) is 6.18 Å². The van der Waals surface area contributed by atoms with Gasteiger partial charge >= 0.3 is 6.18 Å². The van der Waals surface area contributed by atoms with E-state index in [-0.39, 0.29) is 33.6 Å². The second-order valence-corrected chi connectivity index (χ2v) is 23.1. The zero-order chi connectivity index (χ0) is 63.4. The molecule has 16 aromatic rings. The molecule has 6 aromatic heterocycles. The third-order valence-electron chi connectivity index (χ3n) is 17.7. The van der Waals surface area contributed by atoms with Gasteiger partial charge in [0, 0.05) is 96.4 Å². The van der Waals surface area contributed by atoms with Crippen LogP contribution >= 0.6 is 0 Å². The Morgan fingerprint density at radius 3 is 0.862 bits per heavy atom. The molecule has 11 heteroatoms. The Balaban J connectivity index is 0.991. The Kier molecular flexibility index (Phi) is 13.9. The Bertz CT molecular complexity index is 5090. The van der Waals surface area contributed by atoms with Gasteiger partial charge in [-0.05, 0) is 101 Å². The van der Waals surface area contributed by atoms with Gasteiger partial charge in [0.05, 0.1) is 73.4 Å². The average molecular weight is 1220 g/mol. The van der Waals surface area contributed by atoms with Crippen LogP contribution in [0.5, 0.6) is 0 Å². The van der Waals surface area contributed by atoms with E-state index in [0.29, 0.717) is 22.1 Å². The number of rotatable bonds is 11. The van der Waals surface area contributed by atoms with Crippen LogP contribution in [-0.2, 0) is 6.18 Å². The van der Waals surface area contributed by atoms with Crippen LogP contribution in [0.15, 0.2) is 298 Å². The molecular formula is C83H49F3N8. The van der Waals surface area contributed by atoms with E-state index in [1.54, 1.807) is 12.1 Å². The Labute approximate surface area is 538 Å². The number of fused-ring (bicyclic) bond motifs is 6. The molecule has 10 aromatic carbocycles. The third kappa shape index (κ3) is 10.1. The van der Waals surface area contributed by atoms with Crippen molar-refractivity contribution >= 4 is 43.6 Å². The first kappa shape index (κ1) is 56.4. The lowest BCUT2D eigenvalue weighted by molar-refractivity contribution is -0.137. The molecule has 0 N–H and O–H groups in total. The van der Waals surface area contributed by atoms with Gasteiger partial charge in [-0.15, -0.1) is 0 Å². The quantitative estimate of drug-likeness (QED) is 0.128. The number of alkyl halides is 3. The van der Waals surface area contributed by atoms with Crippen LogP contribution in [0.25, 0.3) is 156 Å². The molecule has 0 aliphatic heterocycles. The lowest BCUT2D eigenvalue weighted by atomic mass is 9.92. The normalized spacial score (nSPS) is 11.5. The number of pyridine rings is 4. The molecule has 0 amide bonds. The number of hydrogen-bond acceptors (Lipinski definition) is 6. The molecule has 0 aliphatic carbocycles. The van der Waals surface area contributed by atoms with Crippen molar-refractivity contribution in [2.24, 2.45) is 0 Å². The van der Waals surface area contributed by atoms with Crippen molar-refractivity contribution in [2.75, 3.05) is 0 Å². The van der Waals surface area contributed by atoms with Crippen molar-refractivity contribution < 1.29 is 13.2 Å². The van der Waals surface area contributed by atoms with Crippen LogP contribution in [0.1, 0.15) is 16.7 Å². The molecule has 0 spiro atoms. The van der Waals surface area contributed by atoms with E-state index in [1.807, 2.05) is 252 Å². The maximum atomic E-state index is 15.9. The lowest BCUT2D eigenvalue weighted by Gasteiger charge is -2.21. The van der Waals surface area contributed by atoms with E-state index in [2.05, 4.69) is 36.4 Å². The summed E-state index contributed by atoms with van der Waals surface area (Å²) < 4.78 is 51.7. The molecule has 0 saturated heterocycles. The molecule has 0 unspecified atom stereocenters. The van der Waals surface area contributed by atoms with Gasteiger partial charge in [0.15, 0.2) is 0 Å². The zero-order valence-corrected chi connectivity index (χ0v) is 50.0. The standard InChI is InChI=1S/C83H49F3N8/c84-83(85,86)71-23-13-22-60(46-87)82(71)65-44-80(93-76-40-56(61-28-36-72(89-48-61)52-14-5-1-6-15-52)24-32-66(76)67-33-25-57(41-77(67)93)62-29-37-73(90-49-62)53-16-7-2-8-17-53)70(47-88)81(45-65)94-78-42-58(63-30-38-74(91-50-63)54-18-9-3-10-19-54)26-34-68(78)69-35-27-59(43-79(69)94)64-31-39-75(92-51-64)55-20-11-4-12-21-55/h1-45,48-51H. The molecular weight excluding hydrogens is 1170 g/mol. The van der Waals surface area contributed by atoms with Gasteiger partial charge in [0.25, 0.3) is 0 Å². The van der Waals surface area contributed by atoms with Crippen LogP contribution in [0.4, 0.5) is 13.2 Å². The predicted molar refractivity (Wildman–Crippen MR) is 370 cm³/mol. The summed E-state index contributed by atoms with van der Waals surface area (Å²) in [5.74, 6) is 0. The minimum atomic E-state index is -4.90. The summed E-state index contributed by atoms with van der Waals surface area (Å²) in [5.41, 5.74) is 15.6. The SMILES string of the molecule is N#Cc1cccc(C(F)(F)F)c1-c1cc(-n2c3cc(-c4ccc(-c5ccccc5)nc4)ccc3c3ccc(-c4ccc(-c5ccccc5)nc4)cc32)c(C#N)c(-n2c3cc(-c4ccc(-c5ccccc5)nc4)ccc3c3ccc(-c4ccc(-c5ccccc5)nc4)cc32)c1. The van der Waals surface area contributed by atoms with Crippen molar-refractivity contribution in [1.29, 1.82) is 10.5 Å². The van der Waals surface area contributed by atoms with E-state index in [1.165, 1.54) is 12.1 Å². The molecule has 16 rings (SSSR count). The number of aromatic nitrogens is 6. The molecule has 0 aliphatic rings. The van der Waals surface area contributed by atoms with Gasteiger partial charge in [0.1, 0.15) is 11.6 Å². The largest absolute Gasteiger partial charge is 0.417 e. The van der Waals surface area contributed by atoms with Gasteiger partial charge < -0.3 is 9.13 Å². The average Bonchev–Trinajstić information content (AvgIpc) is 1.55. The van der Waals surface area contributed by atoms with Crippen LogP contribution < -0.4 is 0 Å². The fraction of sp³-hybridized carbons (Fsp3) is 0.0120. The Morgan fingerprint density at radius 1 is 0.287 bits per heavy atom. The maximum absolute atomic E-state index is 15.9. The van der Waals surface area contributed by atoms with Gasteiger partial charge in [-0.1, -0.05) is 200 Å². The number of hydrogen-bond donors (Lipinski definition) is 0. The summed E-state index contributed by atoms with van der Waals surface area (Å²) >= 11 is 0. The summed E-state index contributed by atoms with van der Waals surface area (Å²) in [4.78, 5) is 19.6. The van der Waals surface area contributed by atoms with Crippen molar-refractivity contribution in [3.8, 4) is 124 Å². The van der Waals surface area contributed by atoms with Crippen molar-refractivity contribution in [3.05, 3.63) is 314 Å². The minimum Gasteiger partial charge on any atom is -0.308 e. The first-order valence-electron chi connectivity index (χ1n) is 30.6. The zero-order valence-electron chi connectivity index (χ0n) is 50.0. The van der Waals surface area contributed by atoms with Crippen molar-refractivity contribution in [1.82, 2.24) is 29.1 Å². The second kappa shape index (κ2) is 23.2. The van der Waals surface area contributed by atoms with E-state index < -0.39 is 11.7 Å². The topological polar surface area (TPSA) is 109 Å². The summed E-state index contributed by atoms with van der Waals surface area (Å²) in [6.45, 7) is 0. The van der Waals surface area contributed by atoms with E-state index >= 15 is 13.2 Å². The summed E-state index contributed by atoms with van der Waals surface area (Å²) in [7, 11) is 0. The molecule has 0 bridgehead atoms. The molecule has 94 heavy (non-hydrogen) atoms. The number of nitriles is 2. The van der Waals surface area contributed by atoms with E-state index in [9.17, 15) is 10.5 Å². The highest BCUT2D eigenvalue weighted by Gasteiger charge is 2.36. The first-order chi connectivity index (χ1) is 46.1. The molecule has 0 fully saturated rings. The second-order valence-electron chi connectivity index (χ2n) is 23.1. The first-order valence-corrected chi connectivity index (χ1v) is 30.6. The lowest BCUT2D eigenvalue weighted by Crippen LogP contribution is -2.10.